The van der Waals surface area contributed by atoms with Gasteiger partial charge in [-0.05, 0) is 19.4 Å². The SMILES string of the molecule is CCC(=O)Cc1ncnc2sc(C)c(C)c12. The number of aryl methyl sites for hydroxylation is 2. The highest BCUT2D eigenvalue weighted by molar-refractivity contribution is 7.18. The fourth-order valence-corrected chi connectivity index (χ4v) is 2.72. The number of ketones is 1. The van der Waals surface area contributed by atoms with Gasteiger partial charge in [-0.25, -0.2) is 9.97 Å². The van der Waals surface area contributed by atoms with Crippen molar-refractivity contribution in [3.63, 3.8) is 0 Å². The normalized spacial score (nSPS) is 10.9. The van der Waals surface area contributed by atoms with E-state index in [-0.39, 0.29) is 5.78 Å². The van der Waals surface area contributed by atoms with Gasteiger partial charge in [0.25, 0.3) is 0 Å². The summed E-state index contributed by atoms with van der Waals surface area (Å²) in [4.78, 5) is 22.2. The number of hydrogen-bond acceptors (Lipinski definition) is 4. The molecular weight excluding hydrogens is 220 g/mol. The zero-order chi connectivity index (χ0) is 11.7. The highest BCUT2D eigenvalue weighted by atomic mass is 32.1. The average Bonchev–Trinajstić information content (AvgIpc) is 2.56. The van der Waals surface area contributed by atoms with E-state index in [1.54, 1.807) is 17.7 Å². The van der Waals surface area contributed by atoms with Gasteiger partial charge in [-0.15, -0.1) is 11.3 Å². The first kappa shape index (κ1) is 11.2. The Hall–Kier alpha value is -1.29. The van der Waals surface area contributed by atoms with Crippen LogP contribution in [-0.4, -0.2) is 15.8 Å². The lowest BCUT2D eigenvalue weighted by Gasteiger charge is -2.01. The summed E-state index contributed by atoms with van der Waals surface area (Å²) < 4.78 is 0. The number of thiophene rings is 1. The Kier molecular flexibility index (Phi) is 3.01. The molecule has 0 aliphatic heterocycles. The molecule has 0 atom stereocenters. The second kappa shape index (κ2) is 4.29. The summed E-state index contributed by atoms with van der Waals surface area (Å²) in [7, 11) is 0. The van der Waals surface area contributed by atoms with Crippen LogP contribution in [0, 0.1) is 13.8 Å². The summed E-state index contributed by atoms with van der Waals surface area (Å²) in [6.07, 6.45) is 2.54. The van der Waals surface area contributed by atoms with Crippen LogP contribution in [0.25, 0.3) is 10.2 Å². The number of nitrogens with zero attached hydrogens (tertiary/aromatic N) is 2. The van der Waals surface area contributed by atoms with E-state index in [0.717, 1.165) is 15.9 Å². The monoisotopic (exact) mass is 234 g/mol. The van der Waals surface area contributed by atoms with Crippen molar-refractivity contribution >= 4 is 27.3 Å². The van der Waals surface area contributed by atoms with Gasteiger partial charge >= 0.3 is 0 Å². The van der Waals surface area contributed by atoms with Crippen molar-refractivity contribution in [1.29, 1.82) is 0 Å². The van der Waals surface area contributed by atoms with Crippen LogP contribution in [0.5, 0.6) is 0 Å². The largest absolute Gasteiger partial charge is 0.299 e. The molecule has 0 saturated carbocycles. The summed E-state index contributed by atoms with van der Waals surface area (Å²) in [6.45, 7) is 6.02. The van der Waals surface area contributed by atoms with E-state index < -0.39 is 0 Å². The molecule has 2 aromatic heterocycles. The van der Waals surface area contributed by atoms with Crippen molar-refractivity contribution in [2.24, 2.45) is 0 Å². The molecule has 0 spiro atoms. The molecular formula is C12H14N2OS. The first-order chi connectivity index (χ1) is 7.63. The molecule has 16 heavy (non-hydrogen) atoms. The highest BCUT2D eigenvalue weighted by Gasteiger charge is 2.13. The van der Waals surface area contributed by atoms with Crippen molar-refractivity contribution < 1.29 is 4.79 Å². The molecule has 2 aromatic rings. The fraction of sp³-hybridized carbons (Fsp3) is 0.417. The molecule has 2 heterocycles. The maximum absolute atomic E-state index is 11.5. The average molecular weight is 234 g/mol. The van der Waals surface area contributed by atoms with Gasteiger partial charge < -0.3 is 0 Å². The van der Waals surface area contributed by atoms with E-state index >= 15 is 0 Å². The summed E-state index contributed by atoms with van der Waals surface area (Å²) >= 11 is 1.67. The van der Waals surface area contributed by atoms with Gasteiger partial charge in [0, 0.05) is 23.1 Å². The third-order valence-corrected chi connectivity index (χ3v) is 3.92. The van der Waals surface area contributed by atoms with E-state index in [2.05, 4.69) is 23.8 Å². The Morgan fingerprint density at radius 3 is 2.81 bits per heavy atom. The molecule has 0 saturated heterocycles. The third kappa shape index (κ3) is 1.85. The Balaban J connectivity index is 2.56. The number of aromatic nitrogens is 2. The Bertz CT molecular complexity index is 545. The maximum atomic E-state index is 11.5. The molecule has 0 N–H and O–H groups in total. The molecule has 0 amide bonds. The minimum absolute atomic E-state index is 0.225. The molecule has 84 valence electrons. The van der Waals surface area contributed by atoms with Gasteiger partial charge in [-0.2, -0.15) is 0 Å². The lowest BCUT2D eigenvalue weighted by atomic mass is 10.1. The Morgan fingerprint density at radius 1 is 1.38 bits per heavy atom. The molecule has 0 aliphatic carbocycles. The molecule has 2 rings (SSSR count). The highest BCUT2D eigenvalue weighted by Crippen LogP contribution is 2.30. The predicted molar refractivity (Wildman–Crippen MR) is 65.9 cm³/mol. The zero-order valence-electron chi connectivity index (χ0n) is 9.70. The Morgan fingerprint density at radius 2 is 2.12 bits per heavy atom. The molecule has 4 heteroatoms. The van der Waals surface area contributed by atoms with Crippen molar-refractivity contribution in [2.75, 3.05) is 0 Å². The number of Topliss-reactive ketones (excluding diaryl/α,β-unsaturated/α-hetero) is 1. The maximum Gasteiger partial charge on any atom is 0.138 e. The van der Waals surface area contributed by atoms with Crippen LogP contribution in [0.3, 0.4) is 0 Å². The van der Waals surface area contributed by atoms with E-state index in [1.165, 1.54) is 10.4 Å². The predicted octanol–water partition coefficient (Wildman–Crippen LogP) is 2.83. The van der Waals surface area contributed by atoms with Gasteiger partial charge in [0.1, 0.15) is 16.9 Å². The standard InChI is InChI=1S/C12H14N2OS/c1-4-9(15)5-10-11-7(2)8(3)16-12(11)14-6-13-10/h6H,4-5H2,1-3H3. The first-order valence-electron chi connectivity index (χ1n) is 5.34. The minimum atomic E-state index is 0.225. The first-order valence-corrected chi connectivity index (χ1v) is 6.16. The minimum Gasteiger partial charge on any atom is -0.299 e. The lowest BCUT2D eigenvalue weighted by Crippen LogP contribution is -2.03. The second-order valence-electron chi connectivity index (χ2n) is 3.85. The smallest absolute Gasteiger partial charge is 0.138 e. The van der Waals surface area contributed by atoms with Gasteiger partial charge in [0.05, 0.1) is 5.69 Å². The second-order valence-corrected chi connectivity index (χ2v) is 5.06. The molecule has 0 aliphatic rings. The van der Waals surface area contributed by atoms with Crippen molar-refractivity contribution in [3.8, 4) is 0 Å². The number of carbonyl (C=O) groups is 1. The number of fused-ring (bicyclic) bond motifs is 1. The van der Waals surface area contributed by atoms with Crippen molar-refractivity contribution in [3.05, 3.63) is 22.5 Å². The van der Waals surface area contributed by atoms with Crippen molar-refractivity contribution in [1.82, 2.24) is 9.97 Å². The van der Waals surface area contributed by atoms with Gasteiger partial charge in [-0.3, -0.25) is 4.79 Å². The third-order valence-electron chi connectivity index (χ3n) is 2.80. The van der Waals surface area contributed by atoms with Crippen LogP contribution in [0.2, 0.25) is 0 Å². The van der Waals surface area contributed by atoms with Crippen LogP contribution in [0.4, 0.5) is 0 Å². The van der Waals surface area contributed by atoms with E-state index in [1.807, 2.05) is 6.92 Å². The van der Waals surface area contributed by atoms with Crippen LogP contribution in [0.1, 0.15) is 29.5 Å². The zero-order valence-corrected chi connectivity index (χ0v) is 10.5. The summed E-state index contributed by atoms with van der Waals surface area (Å²) in [5.41, 5.74) is 2.08. The van der Waals surface area contributed by atoms with Crippen LogP contribution in [-0.2, 0) is 11.2 Å². The molecule has 0 aromatic carbocycles. The Labute approximate surface area is 98.5 Å². The lowest BCUT2D eigenvalue weighted by molar-refractivity contribution is -0.118. The van der Waals surface area contributed by atoms with Gasteiger partial charge in [0.15, 0.2) is 0 Å². The van der Waals surface area contributed by atoms with E-state index in [0.29, 0.717) is 12.8 Å². The molecule has 0 radical (unpaired) electrons. The summed E-state index contributed by atoms with van der Waals surface area (Å²) in [5, 5.41) is 1.08. The topological polar surface area (TPSA) is 42.9 Å². The molecule has 0 fully saturated rings. The molecule has 0 bridgehead atoms. The molecule has 0 unspecified atom stereocenters. The molecule has 3 nitrogen and oxygen atoms in total. The number of rotatable bonds is 3. The summed E-state index contributed by atoms with van der Waals surface area (Å²) in [6, 6.07) is 0. The fourth-order valence-electron chi connectivity index (χ4n) is 1.70. The van der Waals surface area contributed by atoms with E-state index in [4.69, 9.17) is 0 Å². The van der Waals surface area contributed by atoms with Crippen LogP contribution < -0.4 is 0 Å². The summed E-state index contributed by atoms with van der Waals surface area (Å²) in [5.74, 6) is 0.225. The number of carbonyl (C=O) groups excluding carboxylic acids is 1. The number of hydrogen-bond donors (Lipinski definition) is 0. The van der Waals surface area contributed by atoms with Gasteiger partial charge in [0.2, 0.25) is 0 Å². The van der Waals surface area contributed by atoms with E-state index in [9.17, 15) is 4.79 Å². The van der Waals surface area contributed by atoms with Crippen molar-refractivity contribution in [2.45, 2.75) is 33.6 Å². The van der Waals surface area contributed by atoms with Crippen LogP contribution >= 0.6 is 11.3 Å². The van der Waals surface area contributed by atoms with Gasteiger partial charge in [-0.1, -0.05) is 6.92 Å². The quantitative estimate of drug-likeness (QED) is 0.820. The van der Waals surface area contributed by atoms with Crippen LogP contribution in [0.15, 0.2) is 6.33 Å².